The van der Waals surface area contributed by atoms with Crippen LogP contribution in [0.3, 0.4) is 0 Å². The van der Waals surface area contributed by atoms with E-state index in [-0.39, 0.29) is 0 Å². The number of carbonyl (C=O) groups excluding carboxylic acids is 1. The summed E-state index contributed by atoms with van der Waals surface area (Å²) < 4.78 is 0. The fraction of sp³-hybridized carbons (Fsp3) is 0.333. The van der Waals surface area contributed by atoms with Crippen molar-refractivity contribution in [2.24, 2.45) is 0 Å². The maximum absolute atomic E-state index is 10.1. The Kier molecular flexibility index (Phi) is 3.41. The Morgan fingerprint density at radius 2 is 2.42 bits per heavy atom. The Hall–Kier alpha value is -1.22. The molecule has 3 nitrogen and oxygen atoms in total. The van der Waals surface area contributed by atoms with Crippen molar-refractivity contribution in [1.82, 2.24) is 4.98 Å². The normalized spacial score (nSPS) is 12.4. The summed E-state index contributed by atoms with van der Waals surface area (Å²) >= 11 is 0. The lowest BCUT2D eigenvalue weighted by molar-refractivity contribution is -0.115. The molecule has 64 valence electrons. The molecule has 1 N–H and O–H groups in total. The number of aryl methyl sites for hydroxylation is 1. The zero-order valence-electron chi connectivity index (χ0n) is 6.68. The van der Waals surface area contributed by atoms with Gasteiger partial charge in [0.1, 0.15) is 12.4 Å². The highest BCUT2D eigenvalue weighted by Gasteiger charge is 2.01. The Labute approximate surface area is 71.1 Å². The van der Waals surface area contributed by atoms with Crippen molar-refractivity contribution in [2.45, 2.75) is 18.9 Å². The first-order chi connectivity index (χ1) is 5.83. The molecule has 0 fully saturated rings. The molecule has 0 aliphatic carbocycles. The molecule has 0 aliphatic heterocycles. The predicted octanol–water partition coefficient (Wildman–Crippen LogP) is 0.574. The van der Waals surface area contributed by atoms with Gasteiger partial charge in [-0.15, -0.1) is 0 Å². The lowest BCUT2D eigenvalue weighted by Gasteiger charge is -2.01. The number of carbonyl (C=O) groups is 1. The van der Waals surface area contributed by atoms with Gasteiger partial charge in [0.15, 0.2) is 0 Å². The molecule has 0 saturated carbocycles. The second-order valence-electron chi connectivity index (χ2n) is 2.56. The maximum Gasteiger partial charge on any atom is 0.148 e. The second-order valence-corrected chi connectivity index (χ2v) is 2.56. The summed E-state index contributed by atoms with van der Waals surface area (Å²) in [4.78, 5) is 14.1. The van der Waals surface area contributed by atoms with Crippen molar-refractivity contribution in [3.63, 3.8) is 0 Å². The standard InChI is InChI=1S/C9H11NO2/c11-7-9(12)5-4-8-3-1-2-6-10-8/h1-3,6-7,9,12H,4-5H2. The van der Waals surface area contributed by atoms with Gasteiger partial charge in [0.05, 0.1) is 0 Å². The second kappa shape index (κ2) is 4.62. The molecule has 1 heterocycles. The Balaban J connectivity index is 2.38. The van der Waals surface area contributed by atoms with Gasteiger partial charge in [0.25, 0.3) is 0 Å². The molecule has 1 unspecified atom stereocenters. The first kappa shape index (κ1) is 8.87. The number of pyridine rings is 1. The topological polar surface area (TPSA) is 50.2 Å². The molecule has 0 aliphatic rings. The van der Waals surface area contributed by atoms with Crippen molar-refractivity contribution in [1.29, 1.82) is 0 Å². The van der Waals surface area contributed by atoms with Gasteiger partial charge in [-0.25, -0.2) is 0 Å². The number of aldehydes is 1. The highest BCUT2D eigenvalue weighted by Crippen LogP contribution is 1.99. The monoisotopic (exact) mass is 165 g/mol. The maximum atomic E-state index is 10.1. The molecule has 0 aromatic carbocycles. The van der Waals surface area contributed by atoms with E-state index in [2.05, 4.69) is 4.98 Å². The Morgan fingerprint density at radius 1 is 1.58 bits per heavy atom. The van der Waals surface area contributed by atoms with Crippen LogP contribution >= 0.6 is 0 Å². The van der Waals surface area contributed by atoms with Crippen LogP contribution in [0, 0.1) is 0 Å². The van der Waals surface area contributed by atoms with Gasteiger partial charge in [-0.2, -0.15) is 0 Å². The molecule has 1 aromatic heterocycles. The minimum Gasteiger partial charge on any atom is -0.386 e. The molecular weight excluding hydrogens is 154 g/mol. The Bertz CT molecular complexity index is 236. The molecule has 1 atom stereocenters. The van der Waals surface area contributed by atoms with Crippen LogP contribution in [0.25, 0.3) is 0 Å². The fourth-order valence-corrected chi connectivity index (χ4v) is 0.910. The minimum atomic E-state index is -0.855. The number of aliphatic hydroxyl groups is 1. The first-order valence-corrected chi connectivity index (χ1v) is 3.86. The third-order valence-corrected chi connectivity index (χ3v) is 1.58. The van der Waals surface area contributed by atoms with Crippen LogP contribution in [-0.2, 0) is 11.2 Å². The third-order valence-electron chi connectivity index (χ3n) is 1.58. The van der Waals surface area contributed by atoms with E-state index in [1.807, 2.05) is 18.2 Å². The summed E-state index contributed by atoms with van der Waals surface area (Å²) in [5.41, 5.74) is 0.901. The van der Waals surface area contributed by atoms with E-state index in [0.29, 0.717) is 19.1 Å². The highest BCUT2D eigenvalue weighted by atomic mass is 16.3. The number of hydrogen-bond donors (Lipinski definition) is 1. The summed E-state index contributed by atoms with van der Waals surface area (Å²) in [5.74, 6) is 0. The average molecular weight is 165 g/mol. The summed E-state index contributed by atoms with van der Waals surface area (Å²) in [6.45, 7) is 0. The largest absolute Gasteiger partial charge is 0.386 e. The van der Waals surface area contributed by atoms with Crippen molar-refractivity contribution < 1.29 is 9.90 Å². The molecule has 3 heteroatoms. The lowest BCUT2D eigenvalue weighted by atomic mass is 10.1. The molecule has 0 amide bonds. The van der Waals surface area contributed by atoms with Crippen molar-refractivity contribution in [2.75, 3.05) is 0 Å². The van der Waals surface area contributed by atoms with E-state index in [0.717, 1.165) is 5.69 Å². The van der Waals surface area contributed by atoms with E-state index in [1.165, 1.54) is 0 Å². The summed E-state index contributed by atoms with van der Waals surface area (Å²) in [7, 11) is 0. The molecule has 1 rings (SSSR count). The highest BCUT2D eigenvalue weighted by molar-refractivity contribution is 5.55. The van der Waals surface area contributed by atoms with Crippen molar-refractivity contribution in [3.8, 4) is 0 Å². The van der Waals surface area contributed by atoms with Gasteiger partial charge in [0, 0.05) is 11.9 Å². The van der Waals surface area contributed by atoms with Crippen molar-refractivity contribution in [3.05, 3.63) is 30.1 Å². The number of aliphatic hydroxyl groups excluding tert-OH is 1. The number of nitrogens with zero attached hydrogens (tertiary/aromatic N) is 1. The summed E-state index contributed by atoms with van der Waals surface area (Å²) in [5, 5.41) is 8.92. The van der Waals surface area contributed by atoms with Crippen LogP contribution < -0.4 is 0 Å². The predicted molar refractivity (Wildman–Crippen MR) is 44.6 cm³/mol. The number of aromatic nitrogens is 1. The third kappa shape index (κ3) is 2.80. The van der Waals surface area contributed by atoms with Gasteiger partial charge in [-0.3, -0.25) is 4.98 Å². The molecule has 0 bridgehead atoms. The van der Waals surface area contributed by atoms with Crippen LogP contribution in [0.2, 0.25) is 0 Å². The fourth-order valence-electron chi connectivity index (χ4n) is 0.910. The van der Waals surface area contributed by atoms with Crippen molar-refractivity contribution >= 4 is 6.29 Å². The smallest absolute Gasteiger partial charge is 0.148 e. The van der Waals surface area contributed by atoms with Crippen LogP contribution in [-0.4, -0.2) is 22.5 Å². The van der Waals surface area contributed by atoms with Gasteiger partial charge >= 0.3 is 0 Å². The molecule has 12 heavy (non-hydrogen) atoms. The van der Waals surface area contributed by atoms with E-state index in [9.17, 15) is 4.79 Å². The number of rotatable bonds is 4. The van der Waals surface area contributed by atoms with E-state index in [4.69, 9.17) is 5.11 Å². The molecular formula is C9H11NO2. The van der Waals surface area contributed by atoms with Gasteiger partial charge in [-0.05, 0) is 25.0 Å². The van der Waals surface area contributed by atoms with Crippen LogP contribution in [0.4, 0.5) is 0 Å². The average Bonchev–Trinajstić information content (AvgIpc) is 2.16. The van der Waals surface area contributed by atoms with Gasteiger partial charge in [0.2, 0.25) is 0 Å². The van der Waals surface area contributed by atoms with Crippen LogP contribution in [0.5, 0.6) is 0 Å². The Morgan fingerprint density at radius 3 is 3.00 bits per heavy atom. The molecule has 0 spiro atoms. The van der Waals surface area contributed by atoms with E-state index < -0.39 is 6.10 Å². The summed E-state index contributed by atoms with van der Waals surface area (Å²) in [6.07, 6.45) is 2.47. The van der Waals surface area contributed by atoms with Crippen LogP contribution in [0.1, 0.15) is 12.1 Å². The first-order valence-electron chi connectivity index (χ1n) is 3.86. The quantitative estimate of drug-likeness (QED) is 0.664. The lowest BCUT2D eigenvalue weighted by Crippen LogP contribution is -2.09. The van der Waals surface area contributed by atoms with Gasteiger partial charge in [-0.1, -0.05) is 6.07 Å². The summed E-state index contributed by atoms with van der Waals surface area (Å²) in [6, 6.07) is 5.59. The zero-order chi connectivity index (χ0) is 8.81. The zero-order valence-corrected chi connectivity index (χ0v) is 6.68. The van der Waals surface area contributed by atoms with E-state index in [1.54, 1.807) is 6.20 Å². The molecule has 1 aromatic rings. The minimum absolute atomic E-state index is 0.445. The van der Waals surface area contributed by atoms with Crippen LogP contribution in [0.15, 0.2) is 24.4 Å². The van der Waals surface area contributed by atoms with Gasteiger partial charge < -0.3 is 9.90 Å². The van der Waals surface area contributed by atoms with E-state index >= 15 is 0 Å². The molecule has 0 radical (unpaired) electrons. The number of hydrogen-bond acceptors (Lipinski definition) is 3. The molecule has 0 saturated heterocycles. The SMILES string of the molecule is O=CC(O)CCc1ccccn1.